The number of hydrogen-bond acceptors (Lipinski definition) is 4. The lowest BCUT2D eigenvalue weighted by Crippen LogP contribution is -2.16. The maximum absolute atomic E-state index is 11.2. The van der Waals surface area contributed by atoms with Gasteiger partial charge >= 0.3 is 0 Å². The summed E-state index contributed by atoms with van der Waals surface area (Å²) in [5.74, 6) is 0.361. The topological polar surface area (TPSA) is 72.0 Å². The number of rotatable bonds is 4. The fraction of sp³-hybridized carbons (Fsp3) is 0.429. The number of nitrogens with one attached hydrogen (secondary N) is 1. The molecule has 1 rings (SSSR count). The van der Waals surface area contributed by atoms with Crippen LogP contribution in [0.4, 0.5) is 5.82 Å². The summed E-state index contributed by atoms with van der Waals surface area (Å²) in [7, 11) is -3.24. The molecule has 1 heterocycles. The average molecular weight is 201 g/mol. The highest BCUT2D eigenvalue weighted by molar-refractivity contribution is 7.92. The standard InChI is InChI=1S/C7H11N3O2S/c1-2-5-13(11,12)10-7-6-8-3-4-9-7/h3-4,6H,2,5H2,1H3,(H,9,10). The van der Waals surface area contributed by atoms with Gasteiger partial charge in [-0.2, -0.15) is 0 Å². The van der Waals surface area contributed by atoms with Crippen molar-refractivity contribution in [1.29, 1.82) is 0 Å². The minimum absolute atomic E-state index is 0.101. The zero-order valence-corrected chi connectivity index (χ0v) is 8.08. The first-order chi connectivity index (χ1) is 6.14. The molecule has 13 heavy (non-hydrogen) atoms. The zero-order valence-electron chi connectivity index (χ0n) is 7.27. The summed E-state index contributed by atoms with van der Waals surface area (Å²) >= 11 is 0. The Balaban J connectivity index is 2.70. The highest BCUT2D eigenvalue weighted by Crippen LogP contribution is 2.02. The third kappa shape index (κ3) is 3.37. The normalized spacial score (nSPS) is 11.2. The second-order valence-electron chi connectivity index (χ2n) is 2.51. The van der Waals surface area contributed by atoms with Crippen molar-refractivity contribution >= 4 is 15.8 Å². The van der Waals surface area contributed by atoms with Gasteiger partial charge in [-0.15, -0.1) is 0 Å². The summed E-state index contributed by atoms with van der Waals surface area (Å²) in [6.07, 6.45) is 4.87. The van der Waals surface area contributed by atoms with Gasteiger partial charge in [0.2, 0.25) is 10.0 Å². The zero-order chi connectivity index (χ0) is 9.73. The molecule has 1 N–H and O–H groups in total. The lowest BCUT2D eigenvalue weighted by Gasteiger charge is -2.03. The molecule has 0 bridgehead atoms. The molecule has 72 valence electrons. The van der Waals surface area contributed by atoms with Crippen molar-refractivity contribution < 1.29 is 8.42 Å². The molecular weight excluding hydrogens is 190 g/mol. The van der Waals surface area contributed by atoms with Crippen LogP contribution in [0.2, 0.25) is 0 Å². The Labute approximate surface area is 77.3 Å². The molecule has 0 fully saturated rings. The molecule has 0 saturated heterocycles. The van der Waals surface area contributed by atoms with Crippen LogP contribution in [0.5, 0.6) is 0 Å². The highest BCUT2D eigenvalue weighted by atomic mass is 32.2. The molecule has 1 aromatic rings. The average Bonchev–Trinajstić information content (AvgIpc) is 2.04. The molecule has 6 heteroatoms. The van der Waals surface area contributed by atoms with Gasteiger partial charge < -0.3 is 0 Å². The Kier molecular flexibility index (Phi) is 3.18. The number of nitrogens with zero attached hydrogens (tertiary/aromatic N) is 2. The lowest BCUT2D eigenvalue weighted by atomic mass is 10.6. The van der Waals surface area contributed by atoms with E-state index in [2.05, 4.69) is 14.7 Å². The molecule has 0 aliphatic rings. The van der Waals surface area contributed by atoms with Gasteiger partial charge in [-0.05, 0) is 6.42 Å². The van der Waals surface area contributed by atoms with E-state index in [-0.39, 0.29) is 11.6 Å². The largest absolute Gasteiger partial charge is 0.266 e. The Morgan fingerprint density at radius 2 is 2.23 bits per heavy atom. The van der Waals surface area contributed by atoms with Crippen molar-refractivity contribution in [2.24, 2.45) is 0 Å². The number of aromatic nitrogens is 2. The van der Waals surface area contributed by atoms with Crippen molar-refractivity contribution in [1.82, 2.24) is 9.97 Å². The molecule has 0 aliphatic heterocycles. The van der Waals surface area contributed by atoms with E-state index in [1.54, 1.807) is 6.92 Å². The van der Waals surface area contributed by atoms with Crippen molar-refractivity contribution in [3.8, 4) is 0 Å². The van der Waals surface area contributed by atoms with Gasteiger partial charge in [0.1, 0.15) is 0 Å². The summed E-state index contributed by atoms with van der Waals surface area (Å²) in [5.41, 5.74) is 0. The van der Waals surface area contributed by atoms with E-state index in [4.69, 9.17) is 0 Å². The Morgan fingerprint density at radius 1 is 1.46 bits per heavy atom. The molecule has 5 nitrogen and oxygen atoms in total. The predicted octanol–water partition coefficient (Wildman–Crippen LogP) is 0.628. The van der Waals surface area contributed by atoms with Crippen LogP contribution in [-0.4, -0.2) is 24.1 Å². The minimum Gasteiger partial charge on any atom is -0.266 e. The Morgan fingerprint density at radius 3 is 2.77 bits per heavy atom. The van der Waals surface area contributed by atoms with Crippen LogP contribution >= 0.6 is 0 Å². The van der Waals surface area contributed by atoms with E-state index >= 15 is 0 Å². The predicted molar refractivity (Wildman–Crippen MR) is 49.7 cm³/mol. The van der Waals surface area contributed by atoms with Gasteiger partial charge in [-0.1, -0.05) is 6.92 Å². The Hall–Kier alpha value is -1.17. The summed E-state index contributed by atoms with van der Waals surface area (Å²) in [6, 6.07) is 0. The summed E-state index contributed by atoms with van der Waals surface area (Å²) in [6.45, 7) is 1.80. The molecule has 0 amide bonds. The van der Waals surface area contributed by atoms with Crippen LogP contribution in [0, 0.1) is 0 Å². The second kappa shape index (κ2) is 4.18. The van der Waals surface area contributed by atoms with E-state index in [1.807, 2.05) is 0 Å². The molecular formula is C7H11N3O2S. The molecule has 1 aromatic heterocycles. The van der Waals surface area contributed by atoms with E-state index < -0.39 is 10.0 Å². The first-order valence-electron chi connectivity index (χ1n) is 3.90. The second-order valence-corrected chi connectivity index (χ2v) is 4.35. The van der Waals surface area contributed by atoms with E-state index in [0.717, 1.165) is 0 Å². The van der Waals surface area contributed by atoms with Crippen molar-refractivity contribution in [2.45, 2.75) is 13.3 Å². The van der Waals surface area contributed by atoms with Crippen LogP contribution in [0.1, 0.15) is 13.3 Å². The third-order valence-corrected chi connectivity index (χ3v) is 2.76. The first kappa shape index (κ1) is 9.91. The summed E-state index contributed by atoms with van der Waals surface area (Å²) < 4.78 is 24.8. The lowest BCUT2D eigenvalue weighted by molar-refractivity contribution is 0.599. The van der Waals surface area contributed by atoms with Crippen LogP contribution < -0.4 is 4.72 Å². The highest BCUT2D eigenvalue weighted by Gasteiger charge is 2.08. The minimum atomic E-state index is -3.24. The van der Waals surface area contributed by atoms with Crippen molar-refractivity contribution in [3.63, 3.8) is 0 Å². The molecule has 0 saturated carbocycles. The molecule has 0 spiro atoms. The third-order valence-electron chi connectivity index (χ3n) is 1.30. The quantitative estimate of drug-likeness (QED) is 0.775. The Bertz CT molecular complexity index is 349. The SMILES string of the molecule is CCCS(=O)(=O)Nc1cnccn1. The van der Waals surface area contributed by atoms with E-state index in [0.29, 0.717) is 6.42 Å². The van der Waals surface area contributed by atoms with Gasteiger partial charge in [0.25, 0.3) is 0 Å². The maximum Gasteiger partial charge on any atom is 0.233 e. The van der Waals surface area contributed by atoms with Crippen molar-refractivity contribution in [3.05, 3.63) is 18.6 Å². The van der Waals surface area contributed by atoms with Gasteiger partial charge in [0.15, 0.2) is 5.82 Å². The van der Waals surface area contributed by atoms with Crippen LogP contribution in [0.3, 0.4) is 0 Å². The summed E-state index contributed by atoms with van der Waals surface area (Å²) in [5, 5.41) is 0. The van der Waals surface area contributed by atoms with Crippen LogP contribution in [-0.2, 0) is 10.0 Å². The fourth-order valence-corrected chi connectivity index (χ4v) is 1.89. The van der Waals surface area contributed by atoms with Gasteiger partial charge in [-0.3, -0.25) is 9.71 Å². The number of sulfonamides is 1. The summed E-state index contributed by atoms with van der Waals surface area (Å²) in [4.78, 5) is 7.53. The first-order valence-corrected chi connectivity index (χ1v) is 5.56. The molecule has 0 aromatic carbocycles. The maximum atomic E-state index is 11.2. The van der Waals surface area contributed by atoms with Crippen LogP contribution in [0.15, 0.2) is 18.6 Å². The molecule has 0 atom stereocenters. The monoisotopic (exact) mass is 201 g/mol. The number of hydrogen-bond donors (Lipinski definition) is 1. The van der Waals surface area contributed by atoms with Gasteiger partial charge in [-0.25, -0.2) is 13.4 Å². The van der Waals surface area contributed by atoms with E-state index in [9.17, 15) is 8.42 Å². The van der Waals surface area contributed by atoms with Crippen LogP contribution in [0.25, 0.3) is 0 Å². The van der Waals surface area contributed by atoms with Gasteiger partial charge in [0.05, 0.1) is 11.9 Å². The van der Waals surface area contributed by atoms with Crippen molar-refractivity contribution in [2.75, 3.05) is 10.5 Å². The van der Waals surface area contributed by atoms with E-state index in [1.165, 1.54) is 18.6 Å². The fourth-order valence-electron chi connectivity index (χ4n) is 0.831. The molecule has 0 unspecified atom stereocenters. The molecule has 0 aliphatic carbocycles. The smallest absolute Gasteiger partial charge is 0.233 e. The number of anilines is 1. The molecule has 0 radical (unpaired) electrons. The van der Waals surface area contributed by atoms with Gasteiger partial charge in [0, 0.05) is 12.4 Å².